The molecule has 0 spiro atoms. The molecule has 0 atom stereocenters. The highest BCUT2D eigenvalue weighted by molar-refractivity contribution is 5.72. The van der Waals surface area contributed by atoms with Gasteiger partial charge in [-0.1, -0.05) is 60.7 Å². The highest BCUT2D eigenvalue weighted by atomic mass is 16.3. The second kappa shape index (κ2) is 6.98. The zero-order valence-corrected chi connectivity index (χ0v) is 14.2. The Labute approximate surface area is 150 Å². The van der Waals surface area contributed by atoms with Gasteiger partial charge in [0.25, 0.3) is 5.56 Å². The molecule has 0 radical (unpaired) electrons. The van der Waals surface area contributed by atoms with Crippen LogP contribution in [0.15, 0.2) is 77.9 Å². The van der Waals surface area contributed by atoms with Crippen molar-refractivity contribution >= 4 is 5.52 Å². The molecule has 0 aliphatic rings. The lowest BCUT2D eigenvalue weighted by atomic mass is 10.1. The third kappa shape index (κ3) is 2.93. The lowest BCUT2D eigenvalue weighted by Gasteiger charge is -2.06. The van der Waals surface area contributed by atoms with Crippen LogP contribution in [0.5, 0.6) is 0 Å². The Balaban J connectivity index is 1.76. The number of fused-ring (bicyclic) bond motifs is 1. The van der Waals surface area contributed by atoms with Crippen LogP contribution in [0.4, 0.5) is 0 Å². The number of benzene rings is 2. The van der Waals surface area contributed by atoms with E-state index < -0.39 is 0 Å². The van der Waals surface area contributed by atoms with Gasteiger partial charge >= 0.3 is 0 Å². The maximum atomic E-state index is 13.0. The fourth-order valence-electron chi connectivity index (χ4n) is 3.20. The molecule has 2 aromatic heterocycles. The molecule has 1 N–H and O–H groups in total. The minimum atomic E-state index is -0.230. The summed E-state index contributed by atoms with van der Waals surface area (Å²) in [5, 5.41) is 14.4. The third-order valence-corrected chi connectivity index (χ3v) is 4.55. The molecule has 5 heteroatoms. The Morgan fingerprint density at radius 1 is 0.923 bits per heavy atom. The van der Waals surface area contributed by atoms with E-state index in [2.05, 4.69) is 17.2 Å². The molecule has 0 bridgehead atoms. The predicted octanol–water partition coefficient (Wildman–Crippen LogP) is 2.90. The Hall–Kier alpha value is -3.18. The van der Waals surface area contributed by atoms with E-state index in [-0.39, 0.29) is 12.2 Å². The second-order valence-electron chi connectivity index (χ2n) is 6.18. The van der Waals surface area contributed by atoms with Crippen molar-refractivity contribution in [2.45, 2.75) is 19.6 Å². The maximum absolute atomic E-state index is 13.0. The molecule has 0 aliphatic carbocycles. The number of aliphatic hydroxyl groups is 1. The molecule has 0 saturated carbocycles. The second-order valence-corrected chi connectivity index (χ2v) is 6.18. The van der Waals surface area contributed by atoms with Crippen molar-refractivity contribution in [3.8, 4) is 11.3 Å². The fourth-order valence-corrected chi connectivity index (χ4v) is 3.20. The van der Waals surface area contributed by atoms with E-state index in [1.54, 1.807) is 21.5 Å². The standard InChI is InChI=1S/C21H19N3O2/c25-15-18-19(17-9-5-2-6-10-17)22-24-14-13-23(21(26)20(18)24)12-11-16-7-3-1-4-8-16/h1-10,13-14,25H,11-12,15H2. The molecule has 130 valence electrons. The van der Waals surface area contributed by atoms with E-state index in [0.29, 0.717) is 23.3 Å². The van der Waals surface area contributed by atoms with E-state index in [4.69, 9.17) is 0 Å². The fraction of sp³-hybridized carbons (Fsp3) is 0.143. The summed E-state index contributed by atoms with van der Waals surface area (Å²) in [6.45, 7) is 0.349. The van der Waals surface area contributed by atoms with Gasteiger partial charge < -0.3 is 9.67 Å². The Kier molecular flexibility index (Phi) is 4.37. The lowest BCUT2D eigenvalue weighted by Crippen LogP contribution is -2.23. The van der Waals surface area contributed by atoms with Gasteiger partial charge in [-0.05, 0) is 12.0 Å². The van der Waals surface area contributed by atoms with E-state index in [9.17, 15) is 9.90 Å². The van der Waals surface area contributed by atoms with Gasteiger partial charge in [-0.15, -0.1) is 0 Å². The normalized spacial score (nSPS) is 11.1. The average molecular weight is 345 g/mol. The van der Waals surface area contributed by atoms with Crippen LogP contribution in [0.2, 0.25) is 0 Å². The number of hydrogen-bond donors (Lipinski definition) is 1. The van der Waals surface area contributed by atoms with Gasteiger partial charge in [-0.25, -0.2) is 4.52 Å². The number of nitrogens with zero attached hydrogens (tertiary/aromatic N) is 3. The molecule has 0 amide bonds. The SMILES string of the molecule is O=c1c2c(CO)c(-c3ccccc3)nn2ccn1CCc1ccccc1. The highest BCUT2D eigenvalue weighted by Gasteiger charge is 2.17. The van der Waals surface area contributed by atoms with Crippen LogP contribution in [0.3, 0.4) is 0 Å². The summed E-state index contributed by atoms with van der Waals surface area (Å²) in [5.41, 5.74) is 3.57. The molecule has 4 aromatic rings. The zero-order valence-electron chi connectivity index (χ0n) is 14.2. The molecule has 0 aliphatic heterocycles. The van der Waals surface area contributed by atoms with Crippen molar-refractivity contribution in [3.63, 3.8) is 0 Å². The van der Waals surface area contributed by atoms with Gasteiger partial charge in [-0.3, -0.25) is 4.79 Å². The van der Waals surface area contributed by atoms with Crippen molar-refractivity contribution in [1.82, 2.24) is 14.2 Å². The van der Waals surface area contributed by atoms with Gasteiger partial charge in [0.05, 0.1) is 12.3 Å². The van der Waals surface area contributed by atoms with Crippen LogP contribution in [-0.2, 0) is 19.6 Å². The summed E-state index contributed by atoms with van der Waals surface area (Å²) in [5.74, 6) is 0. The topological polar surface area (TPSA) is 59.5 Å². The molecular formula is C21H19N3O2. The Bertz CT molecular complexity index is 1080. The van der Waals surface area contributed by atoms with Crippen LogP contribution < -0.4 is 5.56 Å². The summed E-state index contributed by atoms with van der Waals surface area (Å²) >= 11 is 0. The van der Waals surface area contributed by atoms with Crippen LogP contribution in [0, 0.1) is 0 Å². The largest absolute Gasteiger partial charge is 0.392 e. The Morgan fingerprint density at radius 2 is 1.62 bits per heavy atom. The monoisotopic (exact) mass is 345 g/mol. The lowest BCUT2D eigenvalue weighted by molar-refractivity contribution is 0.283. The summed E-state index contributed by atoms with van der Waals surface area (Å²) in [6.07, 6.45) is 4.29. The number of aliphatic hydroxyl groups excluding tert-OH is 1. The van der Waals surface area contributed by atoms with Crippen LogP contribution in [0.25, 0.3) is 16.8 Å². The minimum Gasteiger partial charge on any atom is -0.392 e. The van der Waals surface area contributed by atoms with Crippen molar-refractivity contribution in [1.29, 1.82) is 0 Å². The first-order valence-electron chi connectivity index (χ1n) is 8.59. The quantitative estimate of drug-likeness (QED) is 0.605. The van der Waals surface area contributed by atoms with Crippen molar-refractivity contribution in [2.24, 2.45) is 0 Å². The molecule has 0 saturated heterocycles. The summed E-state index contributed by atoms with van der Waals surface area (Å²) in [6, 6.07) is 19.7. The van der Waals surface area contributed by atoms with Crippen molar-refractivity contribution in [3.05, 3.63) is 94.5 Å². The number of aromatic nitrogens is 3. The minimum absolute atomic E-state index is 0.137. The molecule has 26 heavy (non-hydrogen) atoms. The number of aryl methyl sites for hydroxylation is 2. The van der Waals surface area contributed by atoms with Crippen LogP contribution in [-0.4, -0.2) is 19.3 Å². The molecular weight excluding hydrogens is 326 g/mol. The first-order chi connectivity index (χ1) is 12.8. The molecule has 0 unspecified atom stereocenters. The first-order valence-corrected chi connectivity index (χ1v) is 8.59. The average Bonchev–Trinajstić information content (AvgIpc) is 3.08. The number of hydrogen-bond acceptors (Lipinski definition) is 3. The third-order valence-electron chi connectivity index (χ3n) is 4.55. The van der Waals surface area contributed by atoms with Gasteiger partial charge in [0, 0.05) is 30.1 Å². The number of rotatable bonds is 5. The Morgan fingerprint density at radius 3 is 2.31 bits per heavy atom. The smallest absolute Gasteiger partial charge is 0.276 e. The van der Waals surface area contributed by atoms with Gasteiger partial charge in [0.1, 0.15) is 5.52 Å². The van der Waals surface area contributed by atoms with Crippen LogP contribution in [0.1, 0.15) is 11.1 Å². The molecule has 4 rings (SSSR count). The highest BCUT2D eigenvalue weighted by Crippen LogP contribution is 2.24. The predicted molar refractivity (Wildman–Crippen MR) is 101 cm³/mol. The van der Waals surface area contributed by atoms with Gasteiger partial charge in [-0.2, -0.15) is 5.10 Å². The summed E-state index contributed by atoms with van der Waals surface area (Å²) in [4.78, 5) is 13.0. The molecule has 2 aromatic carbocycles. The van der Waals surface area contributed by atoms with E-state index in [0.717, 1.165) is 12.0 Å². The molecule has 5 nitrogen and oxygen atoms in total. The van der Waals surface area contributed by atoms with Gasteiger partial charge in [0.15, 0.2) is 0 Å². The van der Waals surface area contributed by atoms with Crippen molar-refractivity contribution < 1.29 is 5.11 Å². The van der Waals surface area contributed by atoms with Gasteiger partial charge in [0.2, 0.25) is 0 Å². The molecule has 0 fully saturated rings. The van der Waals surface area contributed by atoms with E-state index >= 15 is 0 Å². The summed E-state index contributed by atoms with van der Waals surface area (Å²) < 4.78 is 3.24. The summed E-state index contributed by atoms with van der Waals surface area (Å²) in [7, 11) is 0. The van der Waals surface area contributed by atoms with Crippen LogP contribution >= 0.6 is 0 Å². The molecule has 2 heterocycles. The van der Waals surface area contributed by atoms with Crippen molar-refractivity contribution in [2.75, 3.05) is 0 Å². The maximum Gasteiger partial charge on any atom is 0.276 e. The van der Waals surface area contributed by atoms with E-state index in [1.807, 2.05) is 48.5 Å². The van der Waals surface area contributed by atoms with E-state index in [1.165, 1.54) is 5.56 Å². The zero-order chi connectivity index (χ0) is 17.9. The first kappa shape index (κ1) is 16.3.